The average Bonchev–Trinajstić information content (AvgIpc) is 3.14. The van der Waals surface area contributed by atoms with Crippen molar-refractivity contribution in [3.63, 3.8) is 0 Å². The summed E-state index contributed by atoms with van der Waals surface area (Å²) < 4.78 is 10.5. The van der Waals surface area contributed by atoms with Gasteiger partial charge in [0.15, 0.2) is 0 Å². The SMILES string of the molecule is COc1ccc(Cl)c(/C(O)=C2\C(=O)C(=O)N(c3ccc(C(=O)OC(C)C)cc3)C2c2cccc(C)c2)c1. The maximum atomic E-state index is 13.4. The van der Waals surface area contributed by atoms with Crippen LogP contribution in [0.25, 0.3) is 5.76 Å². The zero-order valence-corrected chi connectivity index (χ0v) is 21.6. The second-order valence-electron chi connectivity index (χ2n) is 8.93. The van der Waals surface area contributed by atoms with E-state index in [-0.39, 0.29) is 22.3 Å². The molecule has 1 unspecified atom stereocenters. The highest BCUT2D eigenvalue weighted by atomic mass is 35.5. The molecule has 37 heavy (non-hydrogen) atoms. The monoisotopic (exact) mass is 519 g/mol. The number of esters is 1. The average molecular weight is 520 g/mol. The summed E-state index contributed by atoms with van der Waals surface area (Å²) in [4.78, 5) is 40.4. The topological polar surface area (TPSA) is 93.1 Å². The molecule has 190 valence electrons. The summed E-state index contributed by atoms with van der Waals surface area (Å²) in [5.74, 6) is -2.15. The lowest BCUT2D eigenvalue weighted by Gasteiger charge is -2.26. The van der Waals surface area contributed by atoms with E-state index in [4.69, 9.17) is 21.1 Å². The van der Waals surface area contributed by atoms with Crippen molar-refractivity contribution in [2.45, 2.75) is 32.9 Å². The Labute approximate surface area is 219 Å². The van der Waals surface area contributed by atoms with E-state index in [9.17, 15) is 19.5 Å². The molecule has 1 aliphatic rings. The zero-order valence-electron chi connectivity index (χ0n) is 20.8. The minimum absolute atomic E-state index is 0.103. The zero-order chi connectivity index (χ0) is 26.9. The number of rotatable bonds is 6. The molecular weight excluding hydrogens is 494 g/mol. The number of ketones is 1. The molecule has 0 saturated carbocycles. The lowest BCUT2D eigenvalue weighted by atomic mass is 9.94. The van der Waals surface area contributed by atoms with Crippen molar-refractivity contribution in [2.75, 3.05) is 12.0 Å². The lowest BCUT2D eigenvalue weighted by molar-refractivity contribution is -0.132. The molecule has 8 heteroatoms. The molecule has 1 amide bonds. The molecule has 1 N–H and O–H groups in total. The molecule has 3 aromatic carbocycles. The van der Waals surface area contributed by atoms with Gasteiger partial charge in [0.1, 0.15) is 11.5 Å². The van der Waals surface area contributed by atoms with Crippen molar-refractivity contribution in [2.24, 2.45) is 0 Å². The van der Waals surface area contributed by atoms with Gasteiger partial charge in [0.25, 0.3) is 11.7 Å². The van der Waals surface area contributed by atoms with Gasteiger partial charge in [-0.05, 0) is 68.8 Å². The van der Waals surface area contributed by atoms with E-state index in [1.807, 2.05) is 25.1 Å². The summed E-state index contributed by atoms with van der Waals surface area (Å²) in [5.41, 5.74) is 2.30. The van der Waals surface area contributed by atoms with Crippen LogP contribution >= 0.6 is 11.6 Å². The van der Waals surface area contributed by atoms with E-state index in [0.29, 0.717) is 22.6 Å². The van der Waals surface area contributed by atoms with Crippen molar-refractivity contribution < 1.29 is 29.0 Å². The number of carbonyl (C=O) groups is 3. The van der Waals surface area contributed by atoms with Gasteiger partial charge in [0.2, 0.25) is 0 Å². The van der Waals surface area contributed by atoms with E-state index < -0.39 is 29.5 Å². The van der Waals surface area contributed by atoms with Crippen molar-refractivity contribution in [3.8, 4) is 5.75 Å². The van der Waals surface area contributed by atoms with Crippen LogP contribution in [-0.2, 0) is 14.3 Å². The second kappa shape index (κ2) is 10.5. The Hall–Kier alpha value is -4.10. The van der Waals surface area contributed by atoms with Gasteiger partial charge in [0.05, 0.1) is 35.4 Å². The Bertz CT molecular complexity index is 1410. The highest BCUT2D eigenvalue weighted by Crippen LogP contribution is 2.43. The van der Waals surface area contributed by atoms with E-state index in [1.54, 1.807) is 44.2 Å². The van der Waals surface area contributed by atoms with Gasteiger partial charge in [-0.3, -0.25) is 14.5 Å². The first-order valence-corrected chi connectivity index (χ1v) is 12.0. The normalized spacial score (nSPS) is 16.8. The molecule has 4 rings (SSSR count). The Balaban J connectivity index is 1.88. The van der Waals surface area contributed by atoms with Crippen LogP contribution in [-0.4, -0.2) is 36.0 Å². The number of anilines is 1. The minimum atomic E-state index is -0.935. The number of aliphatic hydroxyl groups excluding tert-OH is 1. The number of Topliss-reactive ketones (excluding diaryl/α,β-unsaturated/α-hetero) is 1. The fourth-order valence-corrected chi connectivity index (χ4v) is 4.46. The van der Waals surface area contributed by atoms with E-state index in [0.717, 1.165) is 5.56 Å². The smallest absolute Gasteiger partial charge is 0.338 e. The molecule has 1 fully saturated rings. The molecular formula is C29H26ClNO6. The van der Waals surface area contributed by atoms with Gasteiger partial charge >= 0.3 is 5.97 Å². The number of halogens is 1. The van der Waals surface area contributed by atoms with Crippen LogP contribution in [0.1, 0.15) is 46.9 Å². The van der Waals surface area contributed by atoms with Gasteiger partial charge in [-0.15, -0.1) is 0 Å². The first-order valence-electron chi connectivity index (χ1n) is 11.6. The third-order valence-corrected chi connectivity index (χ3v) is 6.28. The molecule has 7 nitrogen and oxygen atoms in total. The third kappa shape index (κ3) is 5.08. The fourth-order valence-electron chi connectivity index (χ4n) is 4.25. The number of amides is 1. The first kappa shape index (κ1) is 26.0. The summed E-state index contributed by atoms with van der Waals surface area (Å²) in [6.45, 7) is 5.40. The van der Waals surface area contributed by atoms with Gasteiger partial charge in [-0.2, -0.15) is 0 Å². The second-order valence-corrected chi connectivity index (χ2v) is 9.34. The predicted molar refractivity (Wildman–Crippen MR) is 141 cm³/mol. The number of hydrogen-bond donors (Lipinski definition) is 1. The van der Waals surface area contributed by atoms with Crippen molar-refractivity contribution in [3.05, 3.63) is 99.6 Å². The molecule has 3 aromatic rings. The van der Waals surface area contributed by atoms with Crippen molar-refractivity contribution in [1.29, 1.82) is 0 Å². The summed E-state index contributed by atoms with van der Waals surface area (Å²) >= 11 is 6.36. The van der Waals surface area contributed by atoms with E-state index in [2.05, 4.69) is 0 Å². The fraction of sp³-hybridized carbons (Fsp3) is 0.207. The summed E-state index contributed by atoms with van der Waals surface area (Å²) in [6, 6.07) is 17.3. The number of aryl methyl sites for hydroxylation is 1. The summed E-state index contributed by atoms with van der Waals surface area (Å²) in [7, 11) is 1.47. The Morgan fingerprint density at radius 2 is 1.73 bits per heavy atom. The number of ether oxygens (including phenoxy) is 2. The van der Waals surface area contributed by atoms with Crippen LogP contribution in [0, 0.1) is 6.92 Å². The number of benzene rings is 3. The maximum absolute atomic E-state index is 13.4. The quantitative estimate of drug-likeness (QED) is 0.190. The van der Waals surface area contributed by atoms with Crippen LogP contribution < -0.4 is 9.64 Å². The van der Waals surface area contributed by atoms with Crippen LogP contribution in [0.15, 0.2) is 72.3 Å². The molecule has 0 spiro atoms. The molecule has 0 radical (unpaired) electrons. The lowest BCUT2D eigenvalue weighted by Crippen LogP contribution is -2.29. The Kier molecular flexibility index (Phi) is 7.36. The number of aliphatic hydroxyl groups is 1. The van der Waals surface area contributed by atoms with Crippen LogP contribution in [0.5, 0.6) is 5.75 Å². The van der Waals surface area contributed by atoms with Crippen LogP contribution in [0.3, 0.4) is 0 Å². The minimum Gasteiger partial charge on any atom is -0.507 e. The maximum Gasteiger partial charge on any atom is 0.338 e. The summed E-state index contributed by atoms with van der Waals surface area (Å²) in [6.07, 6.45) is -0.283. The largest absolute Gasteiger partial charge is 0.507 e. The van der Waals surface area contributed by atoms with Crippen molar-refractivity contribution >= 4 is 40.7 Å². The number of nitrogens with zero attached hydrogens (tertiary/aromatic N) is 1. The van der Waals surface area contributed by atoms with Gasteiger partial charge in [0, 0.05) is 11.3 Å². The molecule has 1 atom stereocenters. The Morgan fingerprint density at radius 1 is 1.03 bits per heavy atom. The van der Waals surface area contributed by atoms with Crippen LogP contribution in [0.4, 0.5) is 5.69 Å². The standard InChI is InChI=1S/C29H26ClNO6/c1-16(2)37-29(35)18-8-10-20(11-9-18)31-25(19-7-5-6-17(3)14-19)24(27(33)28(31)34)26(32)22-15-21(36-4)12-13-23(22)30/h5-16,25,32H,1-4H3/b26-24+. The Morgan fingerprint density at radius 3 is 2.35 bits per heavy atom. The molecule has 0 bridgehead atoms. The highest BCUT2D eigenvalue weighted by molar-refractivity contribution is 6.52. The van der Waals surface area contributed by atoms with Gasteiger partial charge in [-0.25, -0.2) is 4.79 Å². The first-order chi connectivity index (χ1) is 17.6. The molecule has 0 aliphatic carbocycles. The molecule has 0 aromatic heterocycles. The molecule has 1 heterocycles. The van der Waals surface area contributed by atoms with Crippen LogP contribution in [0.2, 0.25) is 5.02 Å². The van der Waals surface area contributed by atoms with Gasteiger partial charge < -0.3 is 14.6 Å². The highest BCUT2D eigenvalue weighted by Gasteiger charge is 2.47. The number of hydrogen-bond acceptors (Lipinski definition) is 6. The molecule has 1 aliphatic heterocycles. The predicted octanol–water partition coefficient (Wildman–Crippen LogP) is 5.85. The van der Waals surface area contributed by atoms with Crippen molar-refractivity contribution in [1.82, 2.24) is 0 Å². The van der Waals surface area contributed by atoms with E-state index >= 15 is 0 Å². The van der Waals surface area contributed by atoms with E-state index in [1.165, 1.54) is 30.2 Å². The number of carbonyl (C=O) groups excluding carboxylic acids is 3. The summed E-state index contributed by atoms with van der Waals surface area (Å²) in [5, 5.41) is 11.5. The molecule has 1 saturated heterocycles. The number of methoxy groups -OCH3 is 1. The third-order valence-electron chi connectivity index (χ3n) is 5.95. The van der Waals surface area contributed by atoms with Gasteiger partial charge in [-0.1, -0.05) is 41.4 Å².